The van der Waals surface area contributed by atoms with Gasteiger partial charge >= 0.3 is 0 Å². The molecular weight excluding hydrogens is 192 g/mol. The summed E-state index contributed by atoms with van der Waals surface area (Å²) in [5.74, 6) is 6.33. The highest BCUT2D eigenvalue weighted by atomic mass is 16.5. The topological polar surface area (TPSA) is 56.5 Å². The van der Waals surface area contributed by atoms with Crippen LogP contribution >= 0.6 is 0 Å². The minimum absolute atomic E-state index is 0.434. The zero-order chi connectivity index (χ0) is 10.9. The molecule has 0 aromatic carbocycles. The standard InChI is InChI=1S/C11H24N2O2/c1-14-6-2-3-11(13-12)9-10-4-7-15-8-5-10/h10-11,13H,2-9,12H2,1H3. The Morgan fingerprint density at radius 2 is 2.20 bits per heavy atom. The number of hydrogen-bond donors (Lipinski definition) is 2. The molecule has 1 aliphatic rings. The molecule has 0 aromatic heterocycles. The van der Waals surface area contributed by atoms with Crippen molar-refractivity contribution in [3.05, 3.63) is 0 Å². The molecule has 1 saturated heterocycles. The van der Waals surface area contributed by atoms with Crippen molar-refractivity contribution in [2.24, 2.45) is 11.8 Å². The largest absolute Gasteiger partial charge is 0.385 e. The normalized spacial score (nSPS) is 20.4. The van der Waals surface area contributed by atoms with Crippen LogP contribution in [0.5, 0.6) is 0 Å². The highest BCUT2D eigenvalue weighted by molar-refractivity contribution is 4.72. The maximum atomic E-state index is 5.55. The summed E-state index contributed by atoms with van der Waals surface area (Å²) in [5, 5.41) is 0. The van der Waals surface area contributed by atoms with Crippen LogP contribution in [0.3, 0.4) is 0 Å². The van der Waals surface area contributed by atoms with Gasteiger partial charge in [-0.25, -0.2) is 0 Å². The van der Waals surface area contributed by atoms with Crippen LogP contribution in [0, 0.1) is 5.92 Å². The number of hydrazine groups is 1. The van der Waals surface area contributed by atoms with Gasteiger partial charge in [-0.2, -0.15) is 0 Å². The molecule has 15 heavy (non-hydrogen) atoms. The lowest BCUT2D eigenvalue weighted by Gasteiger charge is -2.26. The summed E-state index contributed by atoms with van der Waals surface area (Å²) in [6, 6.07) is 0.434. The van der Waals surface area contributed by atoms with Gasteiger partial charge in [0.05, 0.1) is 0 Å². The van der Waals surface area contributed by atoms with Crippen LogP contribution in [-0.4, -0.2) is 33.0 Å². The molecule has 0 aromatic rings. The predicted molar refractivity (Wildman–Crippen MR) is 60.4 cm³/mol. The third-order valence-electron chi connectivity index (χ3n) is 3.10. The summed E-state index contributed by atoms with van der Waals surface area (Å²) in [7, 11) is 1.74. The van der Waals surface area contributed by atoms with E-state index in [-0.39, 0.29) is 0 Å². The predicted octanol–water partition coefficient (Wildman–Crippen LogP) is 1.06. The van der Waals surface area contributed by atoms with Gasteiger partial charge in [0.1, 0.15) is 0 Å². The Balaban J connectivity index is 2.13. The summed E-state index contributed by atoms with van der Waals surface area (Å²) in [5.41, 5.74) is 2.91. The van der Waals surface area contributed by atoms with Gasteiger partial charge in [-0.15, -0.1) is 0 Å². The third-order valence-corrected chi connectivity index (χ3v) is 3.10. The summed E-state index contributed by atoms with van der Waals surface area (Å²) < 4.78 is 10.4. The lowest BCUT2D eigenvalue weighted by molar-refractivity contribution is 0.0597. The van der Waals surface area contributed by atoms with Crippen molar-refractivity contribution in [2.45, 2.75) is 38.1 Å². The van der Waals surface area contributed by atoms with E-state index in [2.05, 4.69) is 5.43 Å². The zero-order valence-corrected chi connectivity index (χ0v) is 9.71. The van der Waals surface area contributed by atoms with Gasteiger partial charge in [0.2, 0.25) is 0 Å². The van der Waals surface area contributed by atoms with Crippen molar-refractivity contribution in [1.82, 2.24) is 5.43 Å². The van der Waals surface area contributed by atoms with Crippen LogP contribution in [0.25, 0.3) is 0 Å². The van der Waals surface area contributed by atoms with E-state index in [1.807, 2.05) is 0 Å². The van der Waals surface area contributed by atoms with Crippen LogP contribution in [-0.2, 0) is 9.47 Å². The number of ether oxygens (including phenoxy) is 2. The van der Waals surface area contributed by atoms with Crippen LogP contribution < -0.4 is 11.3 Å². The highest BCUT2D eigenvalue weighted by Crippen LogP contribution is 2.21. The molecule has 1 unspecified atom stereocenters. The second-order valence-electron chi connectivity index (χ2n) is 4.29. The molecule has 0 bridgehead atoms. The Morgan fingerprint density at radius 1 is 1.47 bits per heavy atom. The summed E-state index contributed by atoms with van der Waals surface area (Å²) in [4.78, 5) is 0. The van der Waals surface area contributed by atoms with E-state index in [4.69, 9.17) is 15.3 Å². The van der Waals surface area contributed by atoms with Crippen LogP contribution in [0.4, 0.5) is 0 Å². The molecule has 1 rings (SSSR count). The molecule has 1 atom stereocenters. The van der Waals surface area contributed by atoms with E-state index in [1.165, 1.54) is 19.3 Å². The average Bonchev–Trinajstić information content (AvgIpc) is 2.29. The van der Waals surface area contributed by atoms with E-state index >= 15 is 0 Å². The molecular formula is C11H24N2O2. The van der Waals surface area contributed by atoms with Crippen molar-refractivity contribution < 1.29 is 9.47 Å². The van der Waals surface area contributed by atoms with Gasteiger partial charge in [-0.05, 0) is 38.0 Å². The van der Waals surface area contributed by atoms with E-state index in [9.17, 15) is 0 Å². The Kier molecular flexibility index (Phi) is 6.92. The summed E-state index contributed by atoms with van der Waals surface area (Å²) >= 11 is 0. The number of methoxy groups -OCH3 is 1. The molecule has 1 aliphatic heterocycles. The van der Waals surface area contributed by atoms with Crippen LogP contribution in [0.15, 0.2) is 0 Å². The Bertz CT molecular complexity index is 150. The molecule has 0 radical (unpaired) electrons. The van der Waals surface area contributed by atoms with E-state index in [1.54, 1.807) is 7.11 Å². The Labute approximate surface area is 92.5 Å². The maximum Gasteiger partial charge on any atom is 0.0468 e. The number of rotatable bonds is 7. The maximum absolute atomic E-state index is 5.55. The number of nitrogens with one attached hydrogen (secondary N) is 1. The monoisotopic (exact) mass is 216 g/mol. The van der Waals surface area contributed by atoms with Gasteiger partial charge < -0.3 is 9.47 Å². The molecule has 4 heteroatoms. The van der Waals surface area contributed by atoms with Crippen molar-refractivity contribution in [3.8, 4) is 0 Å². The first-order chi connectivity index (χ1) is 7.36. The molecule has 0 amide bonds. The second kappa shape index (κ2) is 8.05. The zero-order valence-electron chi connectivity index (χ0n) is 9.71. The molecule has 0 saturated carbocycles. The fourth-order valence-corrected chi connectivity index (χ4v) is 2.13. The minimum atomic E-state index is 0.434. The summed E-state index contributed by atoms with van der Waals surface area (Å²) in [6.45, 7) is 2.66. The molecule has 90 valence electrons. The Hall–Kier alpha value is -0.160. The second-order valence-corrected chi connectivity index (χ2v) is 4.29. The molecule has 4 nitrogen and oxygen atoms in total. The van der Waals surface area contributed by atoms with Crippen molar-refractivity contribution in [1.29, 1.82) is 0 Å². The van der Waals surface area contributed by atoms with Gasteiger partial charge in [-0.3, -0.25) is 11.3 Å². The fraction of sp³-hybridized carbons (Fsp3) is 1.00. The van der Waals surface area contributed by atoms with E-state index < -0.39 is 0 Å². The van der Waals surface area contributed by atoms with Crippen LogP contribution in [0.2, 0.25) is 0 Å². The lowest BCUT2D eigenvalue weighted by Crippen LogP contribution is -2.37. The number of nitrogens with two attached hydrogens (primary N) is 1. The van der Waals surface area contributed by atoms with Crippen molar-refractivity contribution in [2.75, 3.05) is 26.9 Å². The third kappa shape index (κ3) is 5.47. The molecule has 1 fully saturated rings. The fourth-order valence-electron chi connectivity index (χ4n) is 2.13. The summed E-state index contributed by atoms with van der Waals surface area (Å²) in [6.07, 6.45) is 5.71. The average molecular weight is 216 g/mol. The van der Waals surface area contributed by atoms with Gasteiger partial charge in [-0.1, -0.05) is 0 Å². The SMILES string of the molecule is COCCCC(CC1CCOCC1)NN. The van der Waals surface area contributed by atoms with Crippen LogP contribution in [0.1, 0.15) is 32.1 Å². The molecule has 1 heterocycles. The van der Waals surface area contributed by atoms with Gasteiger partial charge in [0.15, 0.2) is 0 Å². The van der Waals surface area contributed by atoms with Gasteiger partial charge in [0.25, 0.3) is 0 Å². The van der Waals surface area contributed by atoms with Gasteiger partial charge in [0, 0.05) is 33.0 Å². The van der Waals surface area contributed by atoms with E-state index in [0.717, 1.165) is 38.6 Å². The first-order valence-electron chi connectivity index (χ1n) is 5.89. The smallest absolute Gasteiger partial charge is 0.0468 e. The molecule has 0 spiro atoms. The Morgan fingerprint density at radius 3 is 2.80 bits per heavy atom. The lowest BCUT2D eigenvalue weighted by atomic mass is 9.91. The van der Waals surface area contributed by atoms with E-state index in [0.29, 0.717) is 6.04 Å². The first kappa shape index (κ1) is 12.9. The highest BCUT2D eigenvalue weighted by Gasteiger charge is 2.18. The first-order valence-corrected chi connectivity index (χ1v) is 5.89. The van der Waals surface area contributed by atoms with Crippen molar-refractivity contribution >= 4 is 0 Å². The number of hydrogen-bond acceptors (Lipinski definition) is 4. The molecule has 0 aliphatic carbocycles. The molecule has 3 N–H and O–H groups in total. The quantitative estimate of drug-likeness (QED) is 0.379. The van der Waals surface area contributed by atoms with Crippen molar-refractivity contribution in [3.63, 3.8) is 0 Å². The minimum Gasteiger partial charge on any atom is -0.385 e.